The highest BCUT2D eigenvalue weighted by Gasteiger charge is 2.38. The van der Waals surface area contributed by atoms with E-state index in [1.165, 1.54) is 0 Å². The molecule has 0 aromatic heterocycles. The predicted molar refractivity (Wildman–Crippen MR) is 74.7 cm³/mol. The normalized spacial score (nSPS) is 14.8. The molecule has 0 heterocycles. The first-order chi connectivity index (χ1) is 8.10. The van der Waals surface area contributed by atoms with Crippen LogP contribution in [0.1, 0.15) is 0 Å². The van der Waals surface area contributed by atoms with Gasteiger partial charge in [0.15, 0.2) is 8.37 Å². The topological polar surface area (TPSA) is 112 Å². The summed E-state index contributed by atoms with van der Waals surface area (Å²) in [6.45, 7) is 0. The Labute approximate surface area is 116 Å². The second-order valence-electron chi connectivity index (χ2n) is 3.86. The van der Waals surface area contributed by atoms with Crippen molar-refractivity contribution in [1.29, 1.82) is 0 Å². The molecule has 0 spiro atoms. The Bertz CT molecular complexity index is 537. The van der Waals surface area contributed by atoms with Gasteiger partial charge in [-0.3, -0.25) is 0 Å². The lowest BCUT2D eigenvalue weighted by Crippen LogP contribution is -2.39. The van der Waals surface area contributed by atoms with E-state index in [0.29, 0.717) is 0 Å². The number of hydrogen-bond donors (Lipinski definition) is 0. The van der Waals surface area contributed by atoms with E-state index in [2.05, 4.69) is 0 Å². The first kappa shape index (κ1) is 19.2. The fourth-order valence-electron chi connectivity index (χ4n) is 0.930. The predicted octanol–water partition coefficient (Wildman–Crippen LogP) is -1.11. The fourth-order valence-corrected chi connectivity index (χ4v) is 7.57. The van der Waals surface area contributed by atoms with Crippen LogP contribution < -0.4 is 0 Å². The van der Waals surface area contributed by atoms with Crippen molar-refractivity contribution in [2.24, 2.45) is 0 Å². The fraction of sp³-hybridized carbons (Fsp3) is 1.00. The van der Waals surface area contributed by atoms with Gasteiger partial charge in [0.25, 0.3) is 0 Å². The average Bonchev–Trinajstić information content (AvgIpc) is 2.13. The van der Waals surface area contributed by atoms with Crippen molar-refractivity contribution < 1.29 is 25.3 Å². The molecule has 0 atom stereocenters. The molecule has 0 rings (SSSR count). The molecule has 0 amide bonds. The van der Waals surface area contributed by atoms with Crippen LogP contribution in [0.4, 0.5) is 0 Å². The molecule has 0 aliphatic carbocycles. The minimum absolute atomic E-state index is 0.727. The molecule has 0 aliphatic rings. The molecular formula is C6H18N3O6PS3. The largest absolute Gasteiger partial charge is 0.216 e. The van der Waals surface area contributed by atoms with Crippen LogP contribution in [0.25, 0.3) is 0 Å². The van der Waals surface area contributed by atoms with Crippen molar-refractivity contribution in [3.05, 3.63) is 0 Å². The SMILES string of the molecule is CN(P(N(C)S(C)(=O)=O)N(C)S(C)(=O)=O)S(C)(=O)=O. The molecule has 0 aromatic carbocycles. The lowest BCUT2D eigenvalue weighted by molar-refractivity contribution is 0.526. The molecule has 0 aromatic rings. The maximum Gasteiger partial charge on any atom is 0.216 e. The highest BCUT2D eigenvalue weighted by molar-refractivity contribution is 8.01. The van der Waals surface area contributed by atoms with Gasteiger partial charge in [0.2, 0.25) is 30.1 Å². The third-order valence-electron chi connectivity index (χ3n) is 2.20. The maximum absolute atomic E-state index is 11.5. The first-order valence-electron chi connectivity index (χ1n) is 4.71. The zero-order valence-electron chi connectivity index (χ0n) is 11.5. The molecule has 0 aliphatic heterocycles. The minimum atomic E-state index is -3.76. The average molecular weight is 355 g/mol. The highest BCUT2D eigenvalue weighted by Crippen LogP contribution is 2.49. The van der Waals surface area contributed by atoms with Crippen LogP contribution in [0.15, 0.2) is 0 Å². The molecule has 0 unspecified atom stereocenters. The summed E-state index contributed by atoms with van der Waals surface area (Å²) in [5, 5.41) is 0. The lowest BCUT2D eigenvalue weighted by atomic mass is 11.6. The van der Waals surface area contributed by atoms with E-state index in [9.17, 15) is 25.3 Å². The Hall–Kier alpha value is 0.160. The zero-order valence-corrected chi connectivity index (χ0v) is 14.8. The molecule has 19 heavy (non-hydrogen) atoms. The number of sulfonamides is 3. The van der Waals surface area contributed by atoms with E-state index in [-0.39, 0.29) is 0 Å². The van der Waals surface area contributed by atoms with Crippen molar-refractivity contribution in [3.63, 3.8) is 0 Å². The summed E-state index contributed by atoms with van der Waals surface area (Å²) in [6, 6.07) is 0. The van der Waals surface area contributed by atoms with Gasteiger partial charge in [-0.25, -0.2) is 25.3 Å². The molecular weight excluding hydrogens is 337 g/mol. The summed E-state index contributed by atoms with van der Waals surface area (Å²) in [4.78, 5) is 0. The van der Waals surface area contributed by atoms with Gasteiger partial charge < -0.3 is 0 Å². The molecule has 0 radical (unpaired) electrons. The Kier molecular flexibility index (Phi) is 5.93. The Morgan fingerprint density at radius 1 is 0.579 bits per heavy atom. The standard InChI is InChI=1S/C6H18N3O6PS3/c1-7(17(4,10)11)16(8(2)18(5,12)13)9(3)19(6,14)15/h1-6H3. The van der Waals surface area contributed by atoms with Gasteiger partial charge in [0, 0.05) is 21.1 Å². The van der Waals surface area contributed by atoms with E-state index < -0.39 is 38.4 Å². The smallest absolute Gasteiger partial charge is 0.212 e. The third kappa shape index (κ3) is 5.21. The summed E-state index contributed by atoms with van der Waals surface area (Å²) < 4.78 is 71.4. The number of hydrogen-bond acceptors (Lipinski definition) is 6. The van der Waals surface area contributed by atoms with E-state index in [4.69, 9.17) is 0 Å². The van der Waals surface area contributed by atoms with Gasteiger partial charge in [-0.1, -0.05) is 0 Å². The van der Waals surface area contributed by atoms with E-state index in [1.54, 1.807) is 0 Å². The van der Waals surface area contributed by atoms with Crippen molar-refractivity contribution in [2.75, 3.05) is 39.9 Å². The van der Waals surface area contributed by atoms with Crippen LogP contribution in [0.3, 0.4) is 0 Å². The van der Waals surface area contributed by atoms with Crippen LogP contribution in [0, 0.1) is 0 Å². The molecule has 0 N–H and O–H groups in total. The van der Waals surface area contributed by atoms with E-state index in [0.717, 1.165) is 52.1 Å². The van der Waals surface area contributed by atoms with Crippen LogP contribution in [-0.4, -0.2) is 77.4 Å². The van der Waals surface area contributed by atoms with Crippen LogP contribution in [0.5, 0.6) is 0 Å². The molecule has 0 saturated carbocycles. The second kappa shape index (κ2) is 5.88. The summed E-state index contributed by atoms with van der Waals surface area (Å²) >= 11 is 0. The van der Waals surface area contributed by atoms with Gasteiger partial charge in [-0.05, 0) is 0 Å². The molecule has 116 valence electrons. The lowest BCUT2D eigenvalue weighted by Gasteiger charge is -2.36. The van der Waals surface area contributed by atoms with Crippen molar-refractivity contribution >= 4 is 38.4 Å². The van der Waals surface area contributed by atoms with Gasteiger partial charge in [-0.2, -0.15) is 12.2 Å². The minimum Gasteiger partial charge on any atom is -0.212 e. The Morgan fingerprint density at radius 3 is 0.842 bits per heavy atom. The molecule has 0 bridgehead atoms. The van der Waals surface area contributed by atoms with Crippen molar-refractivity contribution in [1.82, 2.24) is 12.2 Å². The van der Waals surface area contributed by atoms with E-state index >= 15 is 0 Å². The van der Waals surface area contributed by atoms with Crippen LogP contribution >= 0.6 is 8.37 Å². The molecule has 9 nitrogen and oxygen atoms in total. The Balaban J connectivity index is 5.93. The number of nitrogens with zero attached hydrogens (tertiary/aromatic N) is 3. The third-order valence-corrected chi connectivity index (χ3v) is 10.6. The summed E-state index contributed by atoms with van der Waals surface area (Å²) in [5.74, 6) is 0. The van der Waals surface area contributed by atoms with Crippen LogP contribution in [0.2, 0.25) is 0 Å². The van der Waals surface area contributed by atoms with Gasteiger partial charge in [0.05, 0.1) is 18.8 Å². The summed E-state index contributed by atoms with van der Waals surface area (Å²) in [7, 11) is -10.2. The molecule has 0 saturated heterocycles. The highest BCUT2D eigenvalue weighted by atomic mass is 32.2. The van der Waals surface area contributed by atoms with Gasteiger partial charge in [-0.15, -0.1) is 0 Å². The summed E-state index contributed by atoms with van der Waals surface area (Å²) in [6.07, 6.45) is 2.61. The molecule has 0 fully saturated rings. The summed E-state index contributed by atoms with van der Waals surface area (Å²) in [5.41, 5.74) is 0. The Morgan fingerprint density at radius 2 is 0.737 bits per heavy atom. The second-order valence-corrected chi connectivity index (χ2v) is 13.0. The maximum atomic E-state index is 11.5. The molecule has 13 heteroatoms. The van der Waals surface area contributed by atoms with E-state index in [1.807, 2.05) is 0 Å². The number of rotatable bonds is 6. The zero-order chi connectivity index (χ0) is 15.8. The van der Waals surface area contributed by atoms with Gasteiger partial charge >= 0.3 is 0 Å². The monoisotopic (exact) mass is 355 g/mol. The first-order valence-corrected chi connectivity index (χ1v) is 11.5. The quantitative estimate of drug-likeness (QED) is 0.558. The van der Waals surface area contributed by atoms with Crippen LogP contribution in [-0.2, 0) is 30.1 Å². The van der Waals surface area contributed by atoms with Crippen molar-refractivity contribution in [3.8, 4) is 0 Å². The van der Waals surface area contributed by atoms with Gasteiger partial charge in [0.1, 0.15) is 0 Å². The van der Waals surface area contributed by atoms with Crippen molar-refractivity contribution in [2.45, 2.75) is 0 Å².